The molecule has 3 rings (SSSR count). The van der Waals surface area contributed by atoms with Gasteiger partial charge in [0.1, 0.15) is 0 Å². The van der Waals surface area contributed by atoms with Crippen LogP contribution < -0.4 is 20.9 Å². The molecule has 1 aliphatic heterocycles. The molecule has 2 aromatic rings. The van der Waals surface area contributed by atoms with Gasteiger partial charge in [-0.25, -0.2) is 4.79 Å². The second kappa shape index (κ2) is 13.5. The van der Waals surface area contributed by atoms with Gasteiger partial charge in [-0.1, -0.05) is 59.7 Å². The van der Waals surface area contributed by atoms with Gasteiger partial charge in [0.05, 0.1) is 5.56 Å². The normalized spacial score (nSPS) is 13.5. The van der Waals surface area contributed by atoms with Gasteiger partial charge in [-0.2, -0.15) is 0 Å². The van der Waals surface area contributed by atoms with E-state index in [1.54, 1.807) is 6.07 Å². The smallest absolute Gasteiger partial charge is 0.323 e. The summed E-state index contributed by atoms with van der Waals surface area (Å²) < 4.78 is 0. The molecule has 0 bridgehead atoms. The summed E-state index contributed by atoms with van der Waals surface area (Å²) in [4.78, 5) is 30.9. The molecule has 37 heavy (non-hydrogen) atoms. The summed E-state index contributed by atoms with van der Waals surface area (Å²) in [6.45, 7) is 18.0. The van der Waals surface area contributed by atoms with E-state index >= 15 is 0 Å². The van der Waals surface area contributed by atoms with Crippen molar-refractivity contribution in [2.45, 2.75) is 66.2 Å². The lowest BCUT2D eigenvalue weighted by Gasteiger charge is -2.23. The van der Waals surface area contributed by atoms with Gasteiger partial charge in [0.25, 0.3) is 5.91 Å². The van der Waals surface area contributed by atoms with Crippen LogP contribution in [0.2, 0.25) is 0 Å². The molecule has 1 fully saturated rings. The van der Waals surface area contributed by atoms with Crippen molar-refractivity contribution in [3.05, 3.63) is 53.1 Å². The Bertz CT molecular complexity index is 1030. The molecule has 202 valence electrons. The Morgan fingerprint density at radius 3 is 2.11 bits per heavy atom. The van der Waals surface area contributed by atoms with Gasteiger partial charge in [0.15, 0.2) is 0 Å². The third kappa shape index (κ3) is 7.48. The zero-order valence-corrected chi connectivity index (χ0v) is 23.5. The van der Waals surface area contributed by atoms with Crippen LogP contribution in [-0.4, -0.2) is 56.1 Å². The maximum Gasteiger partial charge on any atom is 0.323 e. The molecular weight excluding hydrogens is 462 g/mol. The van der Waals surface area contributed by atoms with Crippen LogP contribution in [0.3, 0.4) is 0 Å². The fourth-order valence-electron chi connectivity index (χ4n) is 4.96. The molecule has 1 saturated heterocycles. The highest BCUT2D eigenvalue weighted by molar-refractivity contribution is 6.04. The summed E-state index contributed by atoms with van der Waals surface area (Å²) in [5, 5.41) is 9.16. The van der Waals surface area contributed by atoms with Gasteiger partial charge >= 0.3 is 6.03 Å². The zero-order valence-electron chi connectivity index (χ0n) is 23.5. The Morgan fingerprint density at radius 1 is 0.919 bits per heavy atom. The minimum absolute atomic E-state index is 0.106. The number of nitrogens with zero attached hydrogens (tertiary/aromatic N) is 2. The number of para-hydroxylation sites is 1. The van der Waals surface area contributed by atoms with Crippen LogP contribution in [0.25, 0.3) is 0 Å². The first kappa shape index (κ1) is 28.5. The number of carbonyl (C=O) groups excluding carboxylic acids is 2. The molecule has 0 spiro atoms. The lowest BCUT2D eigenvalue weighted by Crippen LogP contribution is -2.35. The third-order valence-electron chi connectivity index (χ3n) is 7.17. The lowest BCUT2D eigenvalue weighted by atomic mass is 9.93. The summed E-state index contributed by atoms with van der Waals surface area (Å²) in [6.07, 6.45) is 2.25. The Hall–Kier alpha value is -3.06. The first-order chi connectivity index (χ1) is 17.7. The van der Waals surface area contributed by atoms with Crippen molar-refractivity contribution < 1.29 is 9.59 Å². The SMILES string of the molecule is CCN(CC)CCNC(=O)c1cc(NC(=O)Nc2c(C(C)C)cccc2C(C)C)ccc1N1CCCC1. The predicted octanol–water partition coefficient (Wildman–Crippen LogP) is 6.25. The van der Waals surface area contributed by atoms with Crippen molar-refractivity contribution in [2.75, 3.05) is 54.8 Å². The van der Waals surface area contributed by atoms with E-state index in [0.717, 1.165) is 68.1 Å². The fourth-order valence-corrected chi connectivity index (χ4v) is 4.96. The van der Waals surface area contributed by atoms with E-state index in [-0.39, 0.29) is 23.8 Å². The number of hydrogen-bond acceptors (Lipinski definition) is 4. The second-order valence-corrected chi connectivity index (χ2v) is 10.4. The Kier molecular flexibility index (Phi) is 10.4. The number of anilines is 3. The van der Waals surface area contributed by atoms with Crippen LogP contribution in [0.5, 0.6) is 0 Å². The average Bonchev–Trinajstić information content (AvgIpc) is 3.41. The highest BCUT2D eigenvalue weighted by Crippen LogP contribution is 2.33. The number of hydrogen-bond donors (Lipinski definition) is 3. The topological polar surface area (TPSA) is 76.7 Å². The molecule has 0 aromatic heterocycles. The maximum absolute atomic E-state index is 13.3. The van der Waals surface area contributed by atoms with Crippen molar-refractivity contribution in [3.8, 4) is 0 Å². The number of carbonyl (C=O) groups is 2. The molecule has 0 atom stereocenters. The number of amides is 3. The molecular formula is C30H45N5O2. The van der Waals surface area contributed by atoms with Gasteiger partial charge in [0, 0.05) is 43.2 Å². The molecule has 1 heterocycles. The lowest BCUT2D eigenvalue weighted by molar-refractivity contribution is 0.0949. The summed E-state index contributed by atoms with van der Waals surface area (Å²) in [5.74, 6) is 0.450. The fraction of sp³-hybridized carbons (Fsp3) is 0.533. The summed E-state index contributed by atoms with van der Waals surface area (Å²) in [6, 6.07) is 11.5. The van der Waals surface area contributed by atoms with Crippen molar-refractivity contribution in [3.63, 3.8) is 0 Å². The summed E-state index contributed by atoms with van der Waals surface area (Å²) in [7, 11) is 0. The molecule has 7 heteroatoms. The van der Waals surface area contributed by atoms with Crippen LogP contribution in [-0.2, 0) is 0 Å². The van der Waals surface area contributed by atoms with E-state index in [4.69, 9.17) is 0 Å². The van der Waals surface area contributed by atoms with E-state index in [0.29, 0.717) is 17.8 Å². The predicted molar refractivity (Wildman–Crippen MR) is 155 cm³/mol. The Morgan fingerprint density at radius 2 is 1.54 bits per heavy atom. The largest absolute Gasteiger partial charge is 0.371 e. The van der Waals surface area contributed by atoms with Crippen molar-refractivity contribution in [1.82, 2.24) is 10.2 Å². The van der Waals surface area contributed by atoms with Crippen LogP contribution >= 0.6 is 0 Å². The molecule has 7 nitrogen and oxygen atoms in total. The van der Waals surface area contributed by atoms with Gasteiger partial charge < -0.3 is 25.8 Å². The van der Waals surface area contributed by atoms with Crippen LogP contribution in [0.15, 0.2) is 36.4 Å². The van der Waals surface area contributed by atoms with Gasteiger partial charge in [-0.15, -0.1) is 0 Å². The third-order valence-corrected chi connectivity index (χ3v) is 7.17. The van der Waals surface area contributed by atoms with Crippen molar-refractivity contribution in [1.29, 1.82) is 0 Å². The summed E-state index contributed by atoms with van der Waals surface area (Å²) >= 11 is 0. The van der Waals surface area contributed by atoms with E-state index in [1.807, 2.05) is 12.1 Å². The molecule has 2 aromatic carbocycles. The van der Waals surface area contributed by atoms with Crippen LogP contribution in [0, 0.1) is 0 Å². The monoisotopic (exact) mass is 507 g/mol. The molecule has 0 aliphatic carbocycles. The zero-order chi connectivity index (χ0) is 26.9. The van der Waals surface area contributed by atoms with Crippen LogP contribution in [0.1, 0.15) is 87.7 Å². The summed E-state index contributed by atoms with van der Waals surface area (Å²) in [5.41, 5.74) is 5.22. The maximum atomic E-state index is 13.3. The standard InChI is InChI=1S/C30H45N5O2/c1-7-34(8-2)19-16-31-29(36)26-20-23(14-15-27(26)35-17-9-10-18-35)32-30(37)33-28-24(21(3)4)12-11-13-25(28)22(5)6/h11-15,20-22H,7-10,16-19H2,1-6H3,(H,31,36)(H2,32,33,37). The van der Waals surface area contributed by atoms with Gasteiger partial charge in [-0.3, -0.25) is 4.79 Å². The van der Waals surface area contributed by atoms with Gasteiger partial charge in [-0.05, 0) is 67.1 Å². The van der Waals surface area contributed by atoms with Crippen molar-refractivity contribution in [2.24, 2.45) is 0 Å². The molecule has 3 N–H and O–H groups in total. The van der Waals surface area contributed by atoms with Crippen LogP contribution in [0.4, 0.5) is 21.9 Å². The highest BCUT2D eigenvalue weighted by atomic mass is 16.2. The molecule has 3 amide bonds. The van der Waals surface area contributed by atoms with E-state index < -0.39 is 0 Å². The highest BCUT2D eigenvalue weighted by Gasteiger charge is 2.21. The van der Waals surface area contributed by atoms with Crippen molar-refractivity contribution >= 4 is 29.0 Å². The first-order valence-electron chi connectivity index (χ1n) is 13.8. The first-order valence-corrected chi connectivity index (χ1v) is 13.8. The quantitative estimate of drug-likeness (QED) is 0.336. The van der Waals surface area contributed by atoms with E-state index in [1.165, 1.54) is 0 Å². The molecule has 0 unspecified atom stereocenters. The van der Waals surface area contributed by atoms with Gasteiger partial charge in [0.2, 0.25) is 0 Å². The number of urea groups is 1. The minimum Gasteiger partial charge on any atom is -0.371 e. The number of likely N-dealkylation sites (N-methyl/N-ethyl adjacent to an activating group) is 1. The van der Waals surface area contributed by atoms with E-state index in [2.05, 4.69) is 85.5 Å². The number of rotatable bonds is 11. The molecule has 1 aliphatic rings. The molecule has 0 saturated carbocycles. The number of benzene rings is 2. The Labute approximate surface area is 223 Å². The number of nitrogens with one attached hydrogen (secondary N) is 3. The Balaban J connectivity index is 1.80. The van der Waals surface area contributed by atoms with E-state index in [9.17, 15) is 9.59 Å². The molecule has 0 radical (unpaired) electrons. The average molecular weight is 508 g/mol. The minimum atomic E-state index is -0.309. The second-order valence-electron chi connectivity index (χ2n) is 10.4.